The molecule has 0 aromatic heterocycles. The third-order valence-electron chi connectivity index (χ3n) is 3.57. The van der Waals surface area contributed by atoms with Crippen LogP contribution in [0.1, 0.15) is 58.4 Å². The Kier molecular flexibility index (Phi) is 7.97. The molecule has 0 saturated heterocycles. The SMILES string of the molecule is CCCCCCc1ccc(S(=O)(=O)NCCC(C)C)cc1. The zero-order chi connectivity index (χ0) is 15.7. The minimum absolute atomic E-state index is 0.364. The van der Waals surface area contributed by atoms with Gasteiger partial charge in [0, 0.05) is 6.54 Å². The largest absolute Gasteiger partial charge is 0.240 e. The van der Waals surface area contributed by atoms with Gasteiger partial charge in [0.05, 0.1) is 4.90 Å². The van der Waals surface area contributed by atoms with Crippen molar-refractivity contribution in [2.24, 2.45) is 5.92 Å². The van der Waals surface area contributed by atoms with E-state index in [1.165, 1.54) is 31.2 Å². The molecule has 21 heavy (non-hydrogen) atoms. The zero-order valence-corrected chi connectivity index (χ0v) is 14.4. The molecule has 1 aromatic rings. The van der Waals surface area contributed by atoms with Crippen LogP contribution in [0.5, 0.6) is 0 Å². The molecule has 0 heterocycles. The van der Waals surface area contributed by atoms with E-state index in [4.69, 9.17) is 0 Å². The monoisotopic (exact) mass is 311 g/mol. The number of unbranched alkanes of at least 4 members (excludes halogenated alkanes) is 3. The van der Waals surface area contributed by atoms with Crippen molar-refractivity contribution < 1.29 is 8.42 Å². The Balaban J connectivity index is 2.52. The van der Waals surface area contributed by atoms with Crippen molar-refractivity contribution >= 4 is 10.0 Å². The Bertz CT molecular complexity index is 492. The lowest BCUT2D eigenvalue weighted by atomic mass is 10.1. The first kappa shape index (κ1) is 18.2. The quantitative estimate of drug-likeness (QED) is 0.660. The van der Waals surface area contributed by atoms with E-state index in [2.05, 4.69) is 25.5 Å². The van der Waals surface area contributed by atoms with Crippen LogP contribution in [0.3, 0.4) is 0 Å². The summed E-state index contributed by atoms with van der Waals surface area (Å²) in [6, 6.07) is 7.30. The van der Waals surface area contributed by atoms with Crippen LogP contribution in [0.4, 0.5) is 0 Å². The van der Waals surface area contributed by atoms with Gasteiger partial charge in [0.15, 0.2) is 0 Å². The molecule has 0 spiro atoms. The minimum atomic E-state index is -3.35. The number of rotatable bonds is 10. The van der Waals surface area contributed by atoms with E-state index in [1.54, 1.807) is 12.1 Å². The molecule has 1 rings (SSSR count). The maximum absolute atomic E-state index is 12.1. The van der Waals surface area contributed by atoms with Gasteiger partial charge < -0.3 is 0 Å². The highest BCUT2D eigenvalue weighted by molar-refractivity contribution is 7.89. The molecule has 0 unspecified atom stereocenters. The Morgan fingerprint density at radius 2 is 1.71 bits per heavy atom. The number of hydrogen-bond acceptors (Lipinski definition) is 2. The fourth-order valence-corrected chi connectivity index (χ4v) is 3.20. The van der Waals surface area contributed by atoms with E-state index >= 15 is 0 Å². The summed E-state index contributed by atoms with van der Waals surface area (Å²) in [4.78, 5) is 0.364. The van der Waals surface area contributed by atoms with Gasteiger partial charge in [0.25, 0.3) is 0 Å². The van der Waals surface area contributed by atoms with E-state index in [0.717, 1.165) is 12.8 Å². The summed E-state index contributed by atoms with van der Waals surface area (Å²) in [7, 11) is -3.35. The van der Waals surface area contributed by atoms with Crippen LogP contribution in [0, 0.1) is 5.92 Å². The molecule has 0 amide bonds. The fraction of sp³-hybridized carbons (Fsp3) is 0.647. The maximum atomic E-state index is 12.1. The molecule has 0 atom stereocenters. The first-order chi connectivity index (χ1) is 9.95. The summed E-state index contributed by atoms with van der Waals surface area (Å²) in [5.74, 6) is 0.498. The summed E-state index contributed by atoms with van der Waals surface area (Å²) in [5, 5.41) is 0. The molecule has 3 nitrogen and oxygen atoms in total. The molecule has 120 valence electrons. The van der Waals surface area contributed by atoms with E-state index in [1.807, 2.05) is 12.1 Å². The molecule has 0 aliphatic rings. The maximum Gasteiger partial charge on any atom is 0.240 e. The van der Waals surface area contributed by atoms with Crippen LogP contribution in [0.25, 0.3) is 0 Å². The van der Waals surface area contributed by atoms with Gasteiger partial charge in [0.2, 0.25) is 10.0 Å². The molecule has 0 aliphatic carbocycles. The van der Waals surface area contributed by atoms with Gasteiger partial charge in [0.1, 0.15) is 0 Å². The lowest BCUT2D eigenvalue weighted by Gasteiger charge is -2.09. The molecular formula is C17H29NO2S. The Labute approximate surface area is 130 Å². The lowest BCUT2D eigenvalue weighted by molar-refractivity contribution is 0.551. The van der Waals surface area contributed by atoms with Crippen molar-refractivity contribution in [3.05, 3.63) is 29.8 Å². The molecule has 0 radical (unpaired) electrons. The molecule has 0 bridgehead atoms. The summed E-state index contributed by atoms with van der Waals surface area (Å²) in [6.45, 7) is 6.87. The second-order valence-corrected chi connectivity index (χ2v) is 7.80. The van der Waals surface area contributed by atoms with E-state index in [0.29, 0.717) is 17.4 Å². The zero-order valence-electron chi connectivity index (χ0n) is 13.6. The first-order valence-corrected chi connectivity index (χ1v) is 9.52. The molecule has 0 aliphatic heterocycles. The first-order valence-electron chi connectivity index (χ1n) is 8.04. The minimum Gasteiger partial charge on any atom is -0.211 e. The Hall–Kier alpha value is -0.870. The molecule has 0 fully saturated rings. The average molecular weight is 311 g/mol. The second kappa shape index (κ2) is 9.21. The van der Waals surface area contributed by atoms with Gasteiger partial charge in [-0.15, -0.1) is 0 Å². The van der Waals surface area contributed by atoms with Crippen LogP contribution in [0.15, 0.2) is 29.2 Å². The van der Waals surface area contributed by atoms with Gasteiger partial charge in [-0.2, -0.15) is 0 Å². The predicted octanol–water partition coefficient (Wildman–Crippen LogP) is 4.13. The number of benzene rings is 1. The van der Waals surface area contributed by atoms with Crippen LogP contribution in [-0.4, -0.2) is 15.0 Å². The van der Waals surface area contributed by atoms with Gasteiger partial charge in [-0.25, -0.2) is 13.1 Å². The number of hydrogen-bond donors (Lipinski definition) is 1. The topological polar surface area (TPSA) is 46.2 Å². The van der Waals surface area contributed by atoms with Gasteiger partial charge in [-0.05, 0) is 42.9 Å². The van der Waals surface area contributed by atoms with Crippen molar-refractivity contribution in [1.82, 2.24) is 4.72 Å². The van der Waals surface area contributed by atoms with Crippen LogP contribution < -0.4 is 4.72 Å². The van der Waals surface area contributed by atoms with Gasteiger partial charge >= 0.3 is 0 Å². The van der Waals surface area contributed by atoms with Crippen molar-refractivity contribution in [2.75, 3.05) is 6.54 Å². The molecule has 1 aromatic carbocycles. The Morgan fingerprint density at radius 1 is 1.05 bits per heavy atom. The highest BCUT2D eigenvalue weighted by Crippen LogP contribution is 2.13. The molecule has 4 heteroatoms. The van der Waals surface area contributed by atoms with E-state index < -0.39 is 10.0 Å². The van der Waals surface area contributed by atoms with E-state index in [9.17, 15) is 8.42 Å². The summed E-state index contributed by atoms with van der Waals surface area (Å²) >= 11 is 0. The summed E-state index contributed by atoms with van der Waals surface area (Å²) in [6.07, 6.45) is 6.81. The smallest absolute Gasteiger partial charge is 0.211 e. The average Bonchev–Trinajstić information content (AvgIpc) is 2.43. The molecular weight excluding hydrogens is 282 g/mol. The molecule has 1 N–H and O–H groups in total. The third kappa shape index (κ3) is 7.09. The fourth-order valence-electron chi connectivity index (χ4n) is 2.16. The number of aryl methyl sites for hydroxylation is 1. The van der Waals surface area contributed by atoms with Crippen molar-refractivity contribution in [2.45, 2.75) is 64.2 Å². The van der Waals surface area contributed by atoms with Gasteiger partial charge in [-0.1, -0.05) is 52.2 Å². The third-order valence-corrected chi connectivity index (χ3v) is 5.04. The van der Waals surface area contributed by atoms with Crippen LogP contribution in [0.2, 0.25) is 0 Å². The predicted molar refractivity (Wildman–Crippen MR) is 88.9 cm³/mol. The Morgan fingerprint density at radius 3 is 2.29 bits per heavy atom. The number of sulfonamides is 1. The molecule has 0 saturated carbocycles. The standard InChI is InChI=1S/C17H29NO2S/c1-4-5-6-7-8-16-9-11-17(12-10-16)21(19,20)18-14-13-15(2)3/h9-12,15,18H,4-8,13-14H2,1-3H3. The van der Waals surface area contributed by atoms with E-state index in [-0.39, 0.29) is 0 Å². The lowest BCUT2D eigenvalue weighted by Crippen LogP contribution is -2.25. The highest BCUT2D eigenvalue weighted by Gasteiger charge is 2.13. The normalized spacial score (nSPS) is 12.0. The summed E-state index contributed by atoms with van der Waals surface area (Å²) < 4.78 is 26.9. The van der Waals surface area contributed by atoms with Crippen LogP contribution in [-0.2, 0) is 16.4 Å². The van der Waals surface area contributed by atoms with Crippen molar-refractivity contribution in [3.63, 3.8) is 0 Å². The highest BCUT2D eigenvalue weighted by atomic mass is 32.2. The van der Waals surface area contributed by atoms with Gasteiger partial charge in [-0.3, -0.25) is 0 Å². The van der Waals surface area contributed by atoms with Crippen LogP contribution >= 0.6 is 0 Å². The summed E-state index contributed by atoms with van der Waals surface area (Å²) in [5.41, 5.74) is 1.22. The van der Waals surface area contributed by atoms with Crippen molar-refractivity contribution in [3.8, 4) is 0 Å². The second-order valence-electron chi connectivity index (χ2n) is 6.03. The van der Waals surface area contributed by atoms with Crippen molar-refractivity contribution in [1.29, 1.82) is 0 Å². The number of nitrogens with one attached hydrogen (secondary N) is 1.